The van der Waals surface area contributed by atoms with E-state index in [9.17, 15) is 14.7 Å². The van der Waals surface area contributed by atoms with E-state index in [0.29, 0.717) is 24.3 Å². The van der Waals surface area contributed by atoms with Crippen LogP contribution < -0.4 is 4.74 Å². The molecule has 0 aliphatic carbocycles. The third-order valence-electron chi connectivity index (χ3n) is 4.12. The van der Waals surface area contributed by atoms with Crippen molar-refractivity contribution in [3.05, 3.63) is 41.6 Å². The molecule has 1 unspecified atom stereocenters. The Morgan fingerprint density at radius 3 is 2.43 bits per heavy atom. The zero-order chi connectivity index (χ0) is 17.2. The van der Waals surface area contributed by atoms with Gasteiger partial charge in [0, 0.05) is 23.9 Å². The molecule has 5 heteroatoms. The van der Waals surface area contributed by atoms with Crippen LogP contribution in [0.2, 0.25) is 0 Å². The van der Waals surface area contributed by atoms with Crippen LogP contribution >= 0.6 is 0 Å². The highest BCUT2D eigenvalue weighted by Crippen LogP contribution is 2.37. The van der Waals surface area contributed by atoms with E-state index in [4.69, 9.17) is 4.74 Å². The monoisotopic (exact) mass is 317 g/mol. The number of rotatable bonds is 5. The van der Waals surface area contributed by atoms with Crippen molar-refractivity contribution in [2.75, 3.05) is 13.7 Å². The third-order valence-corrected chi connectivity index (χ3v) is 4.12. The summed E-state index contributed by atoms with van der Waals surface area (Å²) in [4.78, 5) is 25.6. The molecule has 1 aromatic carbocycles. The smallest absolute Gasteiger partial charge is 0.326 e. The van der Waals surface area contributed by atoms with Gasteiger partial charge >= 0.3 is 5.97 Å². The van der Waals surface area contributed by atoms with Crippen molar-refractivity contribution < 1.29 is 19.4 Å². The van der Waals surface area contributed by atoms with Gasteiger partial charge in [0.1, 0.15) is 11.8 Å². The first kappa shape index (κ1) is 17.1. The predicted molar refractivity (Wildman–Crippen MR) is 87.6 cm³/mol. The number of likely N-dealkylation sites (tertiary alicyclic amines) is 1. The van der Waals surface area contributed by atoms with Gasteiger partial charge in [0.15, 0.2) is 5.78 Å². The fourth-order valence-electron chi connectivity index (χ4n) is 2.85. The quantitative estimate of drug-likeness (QED) is 0.668. The van der Waals surface area contributed by atoms with Gasteiger partial charge in [0.2, 0.25) is 0 Å². The van der Waals surface area contributed by atoms with Crippen molar-refractivity contribution >= 4 is 11.8 Å². The Morgan fingerprint density at radius 1 is 1.30 bits per heavy atom. The van der Waals surface area contributed by atoms with Gasteiger partial charge in [-0.3, -0.25) is 4.79 Å². The third kappa shape index (κ3) is 3.92. The Morgan fingerprint density at radius 2 is 1.91 bits per heavy atom. The van der Waals surface area contributed by atoms with Crippen LogP contribution in [0.5, 0.6) is 5.75 Å². The van der Waals surface area contributed by atoms with E-state index in [1.54, 1.807) is 44.4 Å². The molecule has 0 amide bonds. The summed E-state index contributed by atoms with van der Waals surface area (Å²) < 4.78 is 5.08. The van der Waals surface area contributed by atoms with Crippen molar-refractivity contribution in [2.24, 2.45) is 5.41 Å². The van der Waals surface area contributed by atoms with Gasteiger partial charge < -0.3 is 14.7 Å². The first-order valence-corrected chi connectivity index (χ1v) is 7.62. The van der Waals surface area contributed by atoms with Crippen LogP contribution in [-0.2, 0) is 4.79 Å². The van der Waals surface area contributed by atoms with Gasteiger partial charge in [-0.05, 0) is 43.0 Å². The standard InChI is InChI=1S/C18H23NO4/c1-12(17(21)22)19-11-18(2,3)10-14(19)9-16(20)13-5-7-15(23-4)8-6-13/h5-9,12H,10-11H2,1-4H3,(H,21,22)/b14-9+. The summed E-state index contributed by atoms with van der Waals surface area (Å²) in [5.74, 6) is -0.314. The predicted octanol–water partition coefficient (Wildman–Crippen LogP) is 2.97. The van der Waals surface area contributed by atoms with Crippen LogP contribution in [0, 0.1) is 5.41 Å². The fraction of sp³-hybridized carbons (Fsp3) is 0.444. The Balaban J connectivity index is 2.26. The SMILES string of the molecule is COc1ccc(C(=O)/C=C2\CC(C)(C)CN2C(C)C(=O)O)cc1. The van der Waals surface area contributed by atoms with Gasteiger partial charge in [-0.1, -0.05) is 13.8 Å². The summed E-state index contributed by atoms with van der Waals surface area (Å²) >= 11 is 0. The first-order valence-electron chi connectivity index (χ1n) is 7.62. The lowest BCUT2D eigenvalue weighted by Crippen LogP contribution is -2.37. The summed E-state index contributed by atoms with van der Waals surface area (Å²) in [6.45, 7) is 6.43. The summed E-state index contributed by atoms with van der Waals surface area (Å²) in [6, 6.07) is 6.25. The molecule has 0 bridgehead atoms. The van der Waals surface area contributed by atoms with E-state index in [1.165, 1.54) is 0 Å². The number of aliphatic carboxylic acids is 1. The van der Waals surface area contributed by atoms with Gasteiger partial charge in [0.25, 0.3) is 0 Å². The van der Waals surface area contributed by atoms with Crippen LogP contribution in [0.1, 0.15) is 37.6 Å². The number of allylic oxidation sites excluding steroid dienone is 2. The van der Waals surface area contributed by atoms with Gasteiger partial charge in [-0.2, -0.15) is 0 Å². The number of benzene rings is 1. The Kier molecular flexibility index (Phi) is 4.78. The molecule has 1 fully saturated rings. The summed E-state index contributed by atoms with van der Waals surface area (Å²) in [5.41, 5.74) is 1.30. The molecular formula is C18H23NO4. The van der Waals surface area contributed by atoms with E-state index in [2.05, 4.69) is 13.8 Å². The van der Waals surface area contributed by atoms with Crippen LogP contribution in [0.25, 0.3) is 0 Å². The van der Waals surface area contributed by atoms with Crippen LogP contribution in [0.4, 0.5) is 0 Å². The van der Waals surface area contributed by atoms with Gasteiger partial charge in [-0.15, -0.1) is 0 Å². The average molecular weight is 317 g/mol. The average Bonchev–Trinajstić information content (AvgIpc) is 2.80. The zero-order valence-corrected chi connectivity index (χ0v) is 14.0. The van der Waals surface area contributed by atoms with Crippen molar-refractivity contribution in [1.29, 1.82) is 0 Å². The molecule has 1 aromatic rings. The Bertz CT molecular complexity index is 631. The van der Waals surface area contributed by atoms with Crippen molar-refractivity contribution in [2.45, 2.75) is 33.2 Å². The zero-order valence-electron chi connectivity index (χ0n) is 14.0. The molecule has 124 valence electrons. The maximum absolute atomic E-state index is 12.5. The van der Waals surface area contributed by atoms with Gasteiger partial charge in [-0.25, -0.2) is 4.79 Å². The van der Waals surface area contributed by atoms with E-state index in [0.717, 1.165) is 5.70 Å². The molecular weight excluding hydrogens is 294 g/mol. The number of carbonyl (C=O) groups is 2. The number of ether oxygens (including phenoxy) is 1. The number of hydrogen-bond donors (Lipinski definition) is 1. The molecule has 1 heterocycles. The highest BCUT2D eigenvalue weighted by molar-refractivity contribution is 6.05. The Labute approximate surface area is 136 Å². The van der Waals surface area contributed by atoms with E-state index < -0.39 is 12.0 Å². The maximum atomic E-state index is 12.5. The molecule has 5 nitrogen and oxygen atoms in total. The van der Waals surface area contributed by atoms with Crippen LogP contribution in [0.3, 0.4) is 0 Å². The summed E-state index contributed by atoms with van der Waals surface area (Å²) in [5, 5.41) is 9.27. The molecule has 0 saturated carbocycles. The molecule has 1 aliphatic rings. The molecule has 0 aromatic heterocycles. The summed E-state index contributed by atoms with van der Waals surface area (Å²) in [7, 11) is 1.57. The fourth-order valence-corrected chi connectivity index (χ4v) is 2.85. The summed E-state index contributed by atoms with van der Waals surface area (Å²) in [6.07, 6.45) is 2.25. The second-order valence-electron chi connectivity index (χ2n) is 6.71. The molecule has 0 radical (unpaired) electrons. The minimum Gasteiger partial charge on any atom is -0.497 e. The molecule has 1 saturated heterocycles. The minimum absolute atomic E-state index is 0.0459. The van der Waals surface area contributed by atoms with Crippen molar-refractivity contribution in [1.82, 2.24) is 4.90 Å². The molecule has 0 spiro atoms. The maximum Gasteiger partial charge on any atom is 0.326 e. The molecule has 23 heavy (non-hydrogen) atoms. The lowest BCUT2D eigenvalue weighted by molar-refractivity contribution is -0.141. The number of carbonyl (C=O) groups excluding carboxylic acids is 1. The number of ketones is 1. The lowest BCUT2D eigenvalue weighted by Gasteiger charge is -2.26. The normalized spacial score (nSPS) is 19.7. The van der Waals surface area contributed by atoms with Gasteiger partial charge in [0.05, 0.1) is 7.11 Å². The van der Waals surface area contributed by atoms with E-state index in [1.807, 2.05) is 4.90 Å². The highest BCUT2D eigenvalue weighted by Gasteiger charge is 2.37. The number of carboxylic acid groups (broad SMARTS) is 1. The largest absolute Gasteiger partial charge is 0.497 e. The lowest BCUT2D eigenvalue weighted by atomic mass is 9.92. The van der Waals surface area contributed by atoms with Crippen molar-refractivity contribution in [3.63, 3.8) is 0 Å². The second-order valence-corrected chi connectivity index (χ2v) is 6.71. The van der Waals surface area contributed by atoms with E-state index in [-0.39, 0.29) is 11.2 Å². The number of nitrogens with zero attached hydrogens (tertiary/aromatic N) is 1. The number of hydrogen-bond acceptors (Lipinski definition) is 4. The molecule has 1 N–H and O–H groups in total. The number of methoxy groups -OCH3 is 1. The van der Waals surface area contributed by atoms with Crippen molar-refractivity contribution in [3.8, 4) is 5.75 Å². The molecule has 2 rings (SSSR count). The topological polar surface area (TPSA) is 66.8 Å². The molecule has 1 aliphatic heterocycles. The van der Waals surface area contributed by atoms with Crippen LogP contribution in [0.15, 0.2) is 36.0 Å². The molecule has 1 atom stereocenters. The second kappa shape index (κ2) is 6.44. The minimum atomic E-state index is -0.884. The first-order chi connectivity index (χ1) is 10.7. The van der Waals surface area contributed by atoms with E-state index >= 15 is 0 Å². The van der Waals surface area contributed by atoms with Crippen LogP contribution in [-0.4, -0.2) is 41.5 Å². The number of carboxylic acids is 1. The Hall–Kier alpha value is -2.30. The highest BCUT2D eigenvalue weighted by atomic mass is 16.5.